The van der Waals surface area contributed by atoms with Gasteiger partial charge in [0.2, 0.25) is 0 Å². The van der Waals surface area contributed by atoms with Crippen LogP contribution < -0.4 is 5.32 Å². The minimum atomic E-state index is 0.373. The number of nitriles is 1. The molecular weight excluding hydrogens is 354 g/mol. The van der Waals surface area contributed by atoms with Gasteiger partial charge in [0.25, 0.3) is 0 Å². The van der Waals surface area contributed by atoms with Crippen LogP contribution in [0.15, 0.2) is 18.6 Å². The van der Waals surface area contributed by atoms with Gasteiger partial charge in [0.15, 0.2) is 22.9 Å². The lowest BCUT2D eigenvalue weighted by Crippen LogP contribution is -2.43. The molecule has 0 radical (unpaired) electrons. The Hall–Kier alpha value is -2.99. The maximum absolute atomic E-state index is 8.93. The molecule has 0 aliphatic carbocycles. The van der Waals surface area contributed by atoms with E-state index in [-0.39, 0.29) is 0 Å². The molecular formula is C19H23N9. The standard InChI is InChI=1S/C19H23N9/c1-12-7-16(26-25-12)23-17-10-21-18-19(24-17)28(11-22-18)15-8-13-3-4-14(9-15)27(13)6-2-5-20/h7,10-11,13-15H,2-4,6,8-9H2,1H3,(H2,23,24,25,26)/t13-,14+,15?. The predicted molar refractivity (Wildman–Crippen MR) is 104 cm³/mol. The Kier molecular flexibility index (Phi) is 4.20. The van der Waals surface area contributed by atoms with Crippen molar-refractivity contribution in [1.82, 2.24) is 34.6 Å². The van der Waals surface area contributed by atoms with Crippen molar-refractivity contribution in [3.63, 3.8) is 0 Å². The lowest BCUT2D eigenvalue weighted by Gasteiger charge is -2.39. The molecule has 2 saturated heterocycles. The number of aryl methyl sites for hydroxylation is 1. The topological polar surface area (TPSA) is 111 Å². The molecule has 3 aromatic rings. The Morgan fingerprint density at radius 2 is 2.04 bits per heavy atom. The lowest BCUT2D eigenvalue weighted by molar-refractivity contribution is 0.110. The Morgan fingerprint density at radius 1 is 1.21 bits per heavy atom. The molecule has 3 aromatic heterocycles. The van der Waals surface area contributed by atoms with E-state index in [9.17, 15) is 0 Å². The number of piperidine rings is 1. The summed E-state index contributed by atoms with van der Waals surface area (Å²) in [5.74, 6) is 1.39. The SMILES string of the molecule is Cc1cc(Nc2cnc3ncn(C4C[C@H]5CC[C@@H](C4)N5CCC#N)c3n2)n[nH]1. The van der Waals surface area contributed by atoms with Crippen LogP contribution in [0.25, 0.3) is 11.3 Å². The number of H-pyrrole nitrogens is 1. The monoisotopic (exact) mass is 377 g/mol. The molecule has 9 nitrogen and oxygen atoms in total. The number of nitrogens with zero attached hydrogens (tertiary/aromatic N) is 7. The number of aromatic nitrogens is 6. The van der Waals surface area contributed by atoms with Gasteiger partial charge in [-0.25, -0.2) is 15.0 Å². The van der Waals surface area contributed by atoms with Crippen LogP contribution >= 0.6 is 0 Å². The van der Waals surface area contributed by atoms with Gasteiger partial charge in [0.05, 0.1) is 18.6 Å². The van der Waals surface area contributed by atoms with Crippen molar-refractivity contribution in [3.05, 3.63) is 24.3 Å². The lowest BCUT2D eigenvalue weighted by atomic mass is 9.97. The summed E-state index contributed by atoms with van der Waals surface area (Å²) in [4.78, 5) is 16.2. The molecule has 2 N–H and O–H groups in total. The average Bonchev–Trinajstić information content (AvgIpc) is 3.36. The molecule has 9 heteroatoms. The number of nitrogens with one attached hydrogen (secondary N) is 2. The van der Waals surface area contributed by atoms with E-state index in [1.165, 1.54) is 12.8 Å². The van der Waals surface area contributed by atoms with Gasteiger partial charge in [0.1, 0.15) is 0 Å². The third-order valence-electron chi connectivity index (χ3n) is 5.98. The summed E-state index contributed by atoms with van der Waals surface area (Å²) in [7, 11) is 0. The molecule has 2 aliphatic rings. The fraction of sp³-hybridized carbons (Fsp3) is 0.526. The Morgan fingerprint density at radius 3 is 2.75 bits per heavy atom. The van der Waals surface area contributed by atoms with Gasteiger partial charge in [0, 0.05) is 42.9 Å². The molecule has 28 heavy (non-hydrogen) atoms. The van der Waals surface area contributed by atoms with Gasteiger partial charge in [-0.05, 0) is 32.6 Å². The smallest absolute Gasteiger partial charge is 0.197 e. The molecule has 0 aromatic carbocycles. The van der Waals surface area contributed by atoms with Crippen molar-refractivity contribution in [2.45, 2.75) is 57.2 Å². The van der Waals surface area contributed by atoms with E-state index in [0.717, 1.165) is 36.5 Å². The van der Waals surface area contributed by atoms with Gasteiger partial charge in [-0.2, -0.15) is 10.4 Å². The van der Waals surface area contributed by atoms with Crippen LogP contribution in [-0.2, 0) is 0 Å². The summed E-state index contributed by atoms with van der Waals surface area (Å²) in [6.45, 7) is 2.85. The van der Waals surface area contributed by atoms with E-state index in [1.807, 2.05) is 19.3 Å². The first-order valence-corrected chi connectivity index (χ1v) is 9.82. The zero-order valence-electron chi connectivity index (χ0n) is 15.8. The molecule has 1 unspecified atom stereocenters. The zero-order valence-corrected chi connectivity index (χ0v) is 15.8. The van der Waals surface area contributed by atoms with Gasteiger partial charge >= 0.3 is 0 Å². The number of hydrogen-bond acceptors (Lipinski definition) is 7. The molecule has 0 amide bonds. The highest BCUT2D eigenvalue weighted by Crippen LogP contribution is 2.41. The molecule has 3 atom stereocenters. The number of anilines is 2. The third kappa shape index (κ3) is 2.99. The molecule has 5 rings (SSSR count). The normalized spacial score (nSPS) is 24.5. The van der Waals surface area contributed by atoms with Crippen molar-refractivity contribution >= 4 is 22.9 Å². The highest BCUT2D eigenvalue weighted by molar-refractivity contribution is 5.69. The highest BCUT2D eigenvalue weighted by Gasteiger charge is 2.41. The van der Waals surface area contributed by atoms with Gasteiger partial charge in [-0.15, -0.1) is 0 Å². The Bertz CT molecular complexity index is 1020. The third-order valence-corrected chi connectivity index (χ3v) is 5.98. The van der Waals surface area contributed by atoms with Crippen LogP contribution in [0.1, 0.15) is 43.8 Å². The summed E-state index contributed by atoms with van der Waals surface area (Å²) in [6.07, 6.45) is 8.77. The molecule has 2 fully saturated rings. The Balaban J connectivity index is 1.39. The fourth-order valence-electron chi connectivity index (χ4n) is 4.77. The molecule has 2 aliphatic heterocycles. The second-order valence-electron chi connectivity index (χ2n) is 7.77. The van der Waals surface area contributed by atoms with E-state index in [4.69, 9.17) is 10.2 Å². The quantitative estimate of drug-likeness (QED) is 0.703. The van der Waals surface area contributed by atoms with Crippen LogP contribution in [-0.4, -0.2) is 53.2 Å². The first-order valence-electron chi connectivity index (χ1n) is 9.82. The first kappa shape index (κ1) is 17.1. The van der Waals surface area contributed by atoms with Gasteiger partial charge in [-0.1, -0.05) is 0 Å². The first-order chi connectivity index (χ1) is 13.7. The molecule has 144 valence electrons. The van der Waals surface area contributed by atoms with E-state index < -0.39 is 0 Å². The van der Waals surface area contributed by atoms with Crippen LogP contribution in [0.3, 0.4) is 0 Å². The largest absolute Gasteiger partial charge is 0.322 e. The summed E-state index contributed by atoms with van der Waals surface area (Å²) in [6, 6.07) is 5.69. The van der Waals surface area contributed by atoms with Gasteiger partial charge < -0.3 is 9.88 Å². The van der Waals surface area contributed by atoms with Crippen LogP contribution in [0.5, 0.6) is 0 Å². The van der Waals surface area contributed by atoms with Crippen molar-refractivity contribution in [2.24, 2.45) is 0 Å². The minimum absolute atomic E-state index is 0.373. The zero-order chi connectivity index (χ0) is 19.1. The van der Waals surface area contributed by atoms with E-state index >= 15 is 0 Å². The molecule has 5 heterocycles. The number of hydrogen-bond donors (Lipinski definition) is 2. The second kappa shape index (κ2) is 6.87. The van der Waals surface area contributed by atoms with Crippen LogP contribution in [0.4, 0.5) is 11.6 Å². The van der Waals surface area contributed by atoms with Gasteiger partial charge in [-0.3, -0.25) is 10.00 Å². The van der Waals surface area contributed by atoms with Crippen molar-refractivity contribution in [1.29, 1.82) is 5.26 Å². The maximum atomic E-state index is 8.93. The number of fused-ring (bicyclic) bond motifs is 3. The van der Waals surface area contributed by atoms with E-state index in [2.05, 4.69) is 41.0 Å². The summed E-state index contributed by atoms with van der Waals surface area (Å²) >= 11 is 0. The average molecular weight is 377 g/mol. The highest BCUT2D eigenvalue weighted by atomic mass is 15.3. The molecule has 0 saturated carbocycles. The molecule has 2 bridgehead atoms. The number of rotatable bonds is 5. The summed E-state index contributed by atoms with van der Waals surface area (Å²) in [5, 5.41) is 19.2. The number of imidazole rings is 1. The summed E-state index contributed by atoms with van der Waals surface area (Å²) < 4.78 is 2.19. The summed E-state index contributed by atoms with van der Waals surface area (Å²) in [5.41, 5.74) is 2.47. The minimum Gasteiger partial charge on any atom is -0.322 e. The van der Waals surface area contributed by atoms with Crippen LogP contribution in [0, 0.1) is 18.3 Å². The fourth-order valence-corrected chi connectivity index (χ4v) is 4.77. The predicted octanol–water partition coefficient (Wildman–Crippen LogP) is 2.68. The van der Waals surface area contributed by atoms with E-state index in [0.29, 0.717) is 36.0 Å². The Labute approximate surface area is 162 Å². The maximum Gasteiger partial charge on any atom is 0.197 e. The number of aromatic amines is 1. The molecule has 0 spiro atoms. The van der Waals surface area contributed by atoms with Crippen molar-refractivity contribution in [2.75, 3.05) is 11.9 Å². The second-order valence-corrected chi connectivity index (χ2v) is 7.77. The van der Waals surface area contributed by atoms with Crippen molar-refractivity contribution in [3.8, 4) is 6.07 Å². The van der Waals surface area contributed by atoms with E-state index in [1.54, 1.807) is 6.20 Å². The van der Waals surface area contributed by atoms with Crippen molar-refractivity contribution < 1.29 is 0 Å². The van der Waals surface area contributed by atoms with Crippen LogP contribution in [0.2, 0.25) is 0 Å².